The van der Waals surface area contributed by atoms with Gasteiger partial charge >= 0.3 is 0 Å². The highest BCUT2D eigenvalue weighted by atomic mass is 79.9. The summed E-state index contributed by atoms with van der Waals surface area (Å²) in [5.41, 5.74) is 6.50. The SMILES string of the molecule is C=CCn1ncc(N2CCOC(C(C)N)C2)c(Br)c1=O. The number of anilines is 1. The van der Waals surface area contributed by atoms with Gasteiger partial charge in [-0.15, -0.1) is 6.58 Å². The molecule has 1 saturated heterocycles. The van der Waals surface area contributed by atoms with Gasteiger partial charge in [-0.2, -0.15) is 5.10 Å². The number of rotatable bonds is 4. The van der Waals surface area contributed by atoms with Gasteiger partial charge in [-0.25, -0.2) is 4.68 Å². The van der Waals surface area contributed by atoms with Gasteiger partial charge in [-0.1, -0.05) is 6.08 Å². The number of hydrogen-bond donors (Lipinski definition) is 1. The highest BCUT2D eigenvalue weighted by molar-refractivity contribution is 9.10. The van der Waals surface area contributed by atoms with Gasteiger partial charge < -0.3 is 15.4 Å². The molecule has 0 aromatic carbocycles. The maximum atomic E-state index is 12.2. The van der Waals surface area contributed by atoms with E-state index in [-0.39, 0.29) is 17.7 Å². The lowest BCUT2D eigenvalue weighted by Gasteiger charge is -2.36. The fourth-order valence-corrected chi connectivity index (χ4v) is 2.70. The van der Waals surface area contributed by atoms with Crippen molar-refractivity contribution < 1.29 is 4.74 Å². The Morgan fingerprint density at radius 1 is 1.75 bits per heavy atom. The first-order valence-electron chi connectivity index (χ1n) is 6.53. The number of aromatic nitrogens is 2. The summed E-state index contributed by atoms with van der Waals surface area (Å²) in [5, 5.41) is 4.16. The Kier molecular flexibility index (Phi) is 4.95. The molecule has 0 bridgehead atoms. The minimum absolute atomic E-state index is 0.0359. The van der Waals surface area contributed by atoms with E-state index in [0.29, 0.717) is 30.7 Å². The Bertz CT molecular complexity index is 544. The fraction of sp³-hybridized carbons (Fsp3) is 0.538. The molecule has 1 aromatic rings. The second-order valence-corrected chi connectivity index (χ2v) is 5.63. The predicted octanol–water partition coefficient (Wildman–Crippen LogP) is 0.744. The van der Waals surface area contributed by atoms with Crippen molar-refractivity contribution in [2.45, 2.75) is 25.6 Å². The van der Waals surface area contributed by atoms with E-state index in [2.05, 4.69) is 32.5 Å². The Morgan fingerprint density at radius 3 is 3.15 bits per heavy atom. The van der Waals surface area contributed by atoms with Crippen LogP contribution in [0, 0.1) is 0 Å². The molecule has 6 nitrogen and oxygen atoms in total. The van der Waals surface area contributed by atoms with Crippen LogP contribution >= 0.6 is 15.9 Å². The molecule has 1 aliphatic heterocycles. The lowest BCUT2D eigenvalue weighted by Crippen LogP contribution is -2.50. The molecular formula is C13H19BrN4O2. The molecule has 0 spiro atoms. The van der Waals surface area contributed by atoms with Crippen LogP contribution in [0.5, 0.6) is 0 Å². The van der Waals surface area contributed by atoms with Crippen LogP contribution in [-0.4, -0.2) is 41.6 Å². The molecule has 2 rings (SSSR count). The van der Waals surface area contributed by atoms with Crippen molar-refractivity contribution in [1.82, 2.24) is 9.78 Å². The first kappa shape index (κ1) is 15.2. The quantitative estimate of drug-likeness (QED) is 0.817. The summed E-state index contributed by atoms with van der Waals surface area (Å²) in [6.07, 6.45) is 3.30. The topological polar surface area (TPSA) is 73.4 Å². The molecule has 2 atom stereocenters. The minimum Gasteiger partial charge on any atom is -0.373 e. The van der Waals surface area contributed by atoms with Crippen molar-refractivity contribution in [1.29, 1.82) is 0 Å². The number of halogens is 1. The Hall–Kier alpha value is -1.18. The second-order valence-electron chi connectivity index (χ2n) is 4.83. The molecule has 2 N–H and O–H groups in total. The smallest absolute Gasteiger partial charge is 0.283 e. The molecule has 2 unspecified atom stereocenters. The summed E-state index contributed by atoms with van der Waals surface area (Å²) in [7, 11) is 0. The zero-order valence-corrected chi connectivity index (χ0v) is 13.0. The molecule has 20 heavy (non-hydrogen) atoms. The van der Waals surface area contributed by atoms with Crippen LogP contribution in [0.1, 0.15) is 6.92 Å². The molecule has 0 amide bonds. The largest absolute Gasteiger partial charge is 0.373 e. The van der Waals surface area contributed by atoms with E-state index in [0.717, 1.165) is 5.69 Å². The van der Waals surface area contributed by atoms with Gasteiger partial charge in [0.05, 0.1) is 31.1 Å². The summed E-state index contributed by atoms with van der Waals surface area (Å²) in [4.78, 5) is 14.2. The van der Waals surface area contributed by atoms with Gasteiger partial charge in [0, 0.05) is 19.1 Å². The average Bonchev–Trinajstić information content (AvgIpc) is 2.44. The van der Waals surface area contributed by atoms with Crippen LogP contribution in [0.15, 0.2) is 28.1 Å². The van der Waals surface area contributed by atoms with Crippen LogP contribution in [-0.2, 0) is 11.3 Å². The standard InChI is InChI=1S/C13H19BrN4O2/c1-3-4-18-13(19)12(14)10(7-16-18)17-5-6-20-11(8-17)9(2)15/h3,7,9,11H,1,4-6,8,15H2,2H3. The average molecular weight is 343 g/mol. The molecule has 1 aliphatic rings. The van der Waals surface area contributed by atoms with E-state index in [4.69, 9.17) is 10.5 Å². The lowest BCUT2D eigenvalue weighted by molar-refractivity contribution is 0.0275. The van der Waals surface area contributed by atoms with Crippen molar-refractivity contribution in [3.8, 4) is 0 Å². The fourth-order valence-electron chi connectivity index (χ4n) is 2.14. The van der Waals surface area contributed by atoms with Gasteiger partial charge in [-0.3, -0.25) is 4.79 Å². The molecule has 2 heterocycles. The summed E-state index contributed by atoms with van der Waals surface area (Å²) < 4.78 is 7.50. The van der Waals surface area contributed by atoms with Crippen molar-refractivity contribution in [2.75, 3.05) is 24.6 Å². The maximum Gasteiger partial charge on any atom is 0.283 e. The zero-order valence-electron chi connectivity index (χ0n) is 11.5. The summed E-state index contributed by atoms with van der Waals surface area (Å²) >= 11 is 3.37. The number of morpholine rings is 1. The van der Waals surface area contributed by atoms with E-state index in [1.54, 1.807) is 12.3 Å². The molecule has 110 valence electrons. The van der Waals surface area contributed by atoms with Crippen molar-refractivity contribution in [2.24, 2.45) is 5.73 Å². The van der Waals surface area contributed by atoms with E-state index in [1.165, 1.54) is 4.68 Å². The first-order chi connectivity index (χ1) is 9.54. The normalized spacial score (nSPS) is 20.8. The number of nitrogens with two attached hydrogens (primary N) is 1. The van der Waals surface area contributed by atoms with Gasteiger partial charge in [0.15, 0.2) is 0 Å². The maximum absolute atomic E-state index is 12.2. The van der Waals surface area contributed by atoms with Crippen molar-refractivity contribution in [3.63, 3.8) is 0 Å². The lowest BCUT2D eigenvalue weighted by atomic mass is 10.1. The van der Waals surface area contributed by atoms with Crippen LogP contribution in [0.4, 0.5) is 5.69 Å². The number of nitrogens with zero attached hydrogens (tertiary/aromatic N) is 3. The monoisotopic (exact) mass is 342 g/mol. The summed E-state index contributed by atoms with van der Waals surface area (Å²) in [5.74, 6) is 0. The minimum atomic E-state index is -0.161. The molecular weight excluding hydrogens is 324 g/mol. The Labute approximate surface area is 126 Å². The van der Waals surface area contributed by atoms with Gasteiger partial charge in [0.2, 0.25) is 0 Å². The van der Waals surface area contributed by atoms with E-state index >= 15 is 0 Å². The summed E-state index contributed by atoms with van der Waals surface area (Å²) in [6, 6.07) is -0.0503. The number of hydrogen-bond acceptors (Lipinski definition) is 5. The first-order valence-corrected chi connectivity index (χ1v) is 7.32. The molecule has 1 aromatic heterocycles. The zero-order chi connectivity index (χ0) is 14.7. The van der Waals surface area contributed by atoms with Crippen LogP contribution < -0.4 is 16.2 Å². The van der Waals surface area contributed by atoms with Crippen LogP contribution in [0.25, 0.3) is 0 Å². The van der Waals surface area contributed by atoms with Crippen LogP contribution in [0.2, 0.25) is 0 Å². The number of ether oxygens (including phenoxy) is 1. The molecule has 0 saturated carbocycles. The van der Waals surface area contributed by atoms with E-state index in [9.17, 15) is 4.79 Å². The second kappa shape index (κ2) is 6.51. The Morgan fingerprint density at radius 2 is 2.50 bits per heavy atom. The Balaban J connectivity index is 2.26. The molecule has 7 heteroatoms. The van der Waals surface area contributed by atoms with E-state index in [1.807, 2.05) is 6.92 Å². The highest BCUT2D eigenvalue weighted by Crippen LogP contribution is 2.24. The third-order valence-electron chi connectivity index (χ3n) is 3.29. The van der Waals surface area contributed by atoms with E-state index < -0.39 is 0 Å². The third kappa shape index (κ3) is 3.11. The molecule has 1 fully saturated rings. The predicted molar refractivity (Wildman–Crippen MR) is 82.0 cm³/mol. The number of allylic oxidation sites excluding steroid dienone is 1. The van der Waals surface area contributed by atoms with Gasteiger partial charge in [0.1, 0.15) is 4.47 Å². The summed E-state index contributed by atoms with van der Waals surface area (Å²) in [6.45, 7) is 7.89. The highest BCUT2D eigenvalue weighted by Gasteiger charge is 2.25. The molecule has 0 aliphatic carbocycles. The van der Waals surface area contributed by atoms with Crippen molar-refractivity contribution in [3.05, 3.63) is 33.7 Å². The molecule has 0 radical (unpaired) electrons. The van der Waals surface area contributed by atoms with Gasteiger partial charge in [0.25, 0.3) is 5.56 Å². The third-order valence-corrected chi connectivity index (χ3v) is 4.03. The van der Waals surface area contributed by atoms with Gasteiger partial charge in [-0.05, 0) is 22.9 Å². The van der Waals surface area contributed by atoms with Crippen LogP contribution in [0.3, 0.4) is 0 Å². The van der Waals surface area contributed by atoms with Crippen molar-refractivity contribution >= 4 is 21.6 Å².